The summed E-state index contributed by atoms with van der Waals surface area (Å²) >= 11 is 0. The molecule has 1 saturated heterocycles. The largest absolute Gasteiger partial charge is 0.351 e. The summed E-state index contributed by atoms with van der Waals surface area (Å²) in [7, 11) is 0. The number of amides is 2. The Bertz CT molecular complexity index is 2230. The highest BCUT2D eigenvalue weighted by Gasteiger charge is 2.35. The molecule has 2 atom stereocenters. The molecule has 276 valence electrons. The predicted octanol–water partition coefficient (Wildman–Crippen LogP) is 7.89. The molecule has 7 rings (SSSR count). The SMILES string of the molecule is Cc1cc(-c2ncnc3[nH]c(C(=O)NCCCCN4[C@@H](c5ncccc5C)CCC[C@H]4c4ncccc4C)cc23)ccc1CNC(=O)c1cccc(F)c1. The number of hydrogen-bond donors (Lipinski definition) is 3. The van der Waals surface area contributed by atoms with Crippen LogP contribution in [0.1, 0.15) is 98.7 Å². The van der Waals surface area contributed by atoms with Gasteiger partial charge in [-0.1, -0.05) is 30.3 Å². The molecule has 1 fully saturated rings. The predicted molar refractivity (Wildman–Crippen MR) is 207 cm³/mol. The van der Waals surface area contributed by atoms with E-state index in [0.717, 1.165) is 72.1 Å². The molecule has 1 aliphatic rings. The molecule has 2 aromatic carbocycles. The van der Waals surface area contributed by atoms with Crippen LogP contribution in [-0.4, -0.2) is 54.7 Å². The number of piperidine rings is 1. The Morgan fingerprint density at radius 2 is 1.54 bits per heavy atom. The van der Waals surface area contributed by atoms with Crippen LogP contribution in [0.2, 0.25) is 0 Å². The number of H-pyrrole nitrogens is 1. The van der Waals surface area contributed by atoms with Crippen LogP contribution in [-0.2, 0) is 6.54 Å². The summed E-state index contributed by atoms with van der Waals surface area (Å²) in [5, 5.41) is 6.70. The monoisotopic (exact) mass is 724 g/mol. The van der Waals surface area contributed by atoms with E-state index < -0.39 is 5.82 Å². The first-order valence-corrected chi connectivity index (χ1v) is 18.6. The summed E-state index contributed by atoms with van der Waals surface area (Å²) in [4.78, 5) is 50.3. The number of hydrogen-bond acceptors (Lipinski definition) is 7. The maximum absolute atomic E-state index is 13.6. The number of carbonyl (C=O) groups excluding carboxylic acids is 2. The van der Waals surface area contributed by atoms with Gasteiger partial charge >= 0.3 is 0 Å². The van der Waals surface area contributed by atoms with Crippen molar-refractivity contribution in [1.82, 2.24) is 40.5 Å². The zero-order chi connectivity index (χ0) is 37.6. The highest BCUT2D eigenvalue weighted by atomic mass is 19.1. The van der Waals surface area contributed by atoms with Crippen molar-refractivity contribution >= 4 is 22.8 Å². The summed E-state index contributed by atoms with van der Waals surface area (Å²) in [6, 6.07) is 22.0. The van der Waals surface area contributed by atoms with Crippen LogP contribution in [0.5, 0.6) is 0 Å². The number of carbonyl (C=O) groups is 2. The first-order chi connectivity index (χ1) is 26.3. The van der Waals surface area contributed by atoms with Crippen LogP contribution in [0, 0.1) is 26.6 Å². The van der Waals surface area contributed by atoms with E-state index in [1.165, 1.54) is 35.7 Å². The molecule has 11 heteroatoms. The molecule has 0 radical (unpaired) electrons. The molecule has 3 N–H and O–H groups in total. The average molecular weight is 725 g/mol. The first kappa shape index (κ1) is 36.5. The van der Waals surface area contributed by atoms with Gasteiger partial charge in [-0.25, -0.2) is 14.4 Å². The van der Waals surface area contributed by atoms with E-state index in [-0.39, 0.29) is 29.5 Å². The molecule has 0 aliphatic carbocycles. The lowest BCUT2D eigenvalue weighted by Crippen LogP contribution is -2.38. The number of likely N-dealkylation sites (tertiary alicyclic amines) is 1. The van der Waals surface area contributed by atoms with Crippen LogP contribution >= 0.6 is 0 Å². The minimum absolute atomic E-state index is 0.193. The van der Waals surface area contributed by atoms with Gasteiger partial charge in [-0.2, -0.15) is 0 Å². The van der Waals surface area contributed by atoms with Crippen molar-refractivity contribution in [1.29, 1.82) is 0 Å². The van der Waals surface area contributed by atoms with Crippen molar-refractivity contribution in [2.75, 3.05) is 13.1 Å². The molecule has 6 aromatic rings. The van der Waals surface area contributed by atoms with Crippen molar-refractivity contribution in [3.8, 4) is 11.3 Å². The zero-order valence-corrected chi connectivity index (χ0v) is 30.9. The van der Waals surface area contributed by atoms with Gasteiger partial charge in [0.1, 0.15) is 23.5 Å². The molecule has 4 aromatic heterocycles. The molecule has 0 bridgehead atoms. The molecule has 5 heterocycles. The lowest BCUT2D eigenvalue weighted by molar-refractivity contribution is 0.0740. The molecule has 2 amide bonds. The number of rotatable bonds is 12. The second-order valence-corrected chi connectivity index (χ2v) is 14.1. The number of aryl methyl sites for hydroxylation is 3. The van der Waals surface area contributed by atoms with Gasteiger partial charge in [0.15, 0.2) is 0 Å². The van der Waals surface area contributed by atoms with Crippen LogP contribution in [0.15, 0.2) is 91.5 Å². The average Bonchev–Trinajstić information content (AvgIpc) is 3.63. The summed E-state index contributed by atoms with van der Waals surface area (Å²) in [6.07, 6.45) is 10.2. The molecule has 10 nitrogen and oxygen atoms in total. The van der Waals surface area contributed by atoms with Gasteiger partial charge in [0.25, 0.3) is 11.8 Å². The van der Waals surface area contributed by atoms with Gasteiger partial charge in [0.05, 0.1) is 29.2 Å². The maximum Gasteiger partial charge on any atom is 0.267 e. The highest BCUT2D eigenvalue weighted by molar-refractivity contribution is 6.00. The fraction of sp³-hybridized carbons (Fsp3) is 0.302. The van der Waals surface area contributed by atoms with Crippen molar-refractivity contribution in [2.45, 2.75) is 71.5 Å². The van der Waals surface area contributed by atoms with Crippen LogP contribution in [0.25, 0.3) is 22.3 Å². The van der Waals surface area contributed by atoms with E-state index >= 15 is 0 Å². The number of halogens is 1. The molecular formula is C43H45FN8O2. The van der Waals surface area contributed by atoms with Crippen molar-refractivity contribution in [3.05, 3.63) is 142 Å². The van der Waals surface area contributed by atoms with Crippen molar-refractivity contribution in [2.24, 2.45) is 0 Å². The maximum atomic E-state index is 13.6. The Morgan fingerprint density at radius 3 is 2.22 bits per heavy atom. The molecular weight excluding hydrogens is 680 g/mol. The number of aromatic amines is 1. The summed E-state index contributed by atoms with van der Waals surface area (Å²) in [6.45, 7) is 7.96. The van der Waals surface area contributed by atoms with Gasteiger partial charge < -0.3 is 15.6 Å². The van der Waals surface area contributed by atoms with Crippen molar-refractivity contribution < 1.29 is 14.0 Å². The number of nitrogens with one attached hydrogen (secondary N) is 3. The normalized spacial score (nSPS) is 16.0. The second kappa shape index (κ2) is 16.5. The Hall–Kier alpha value is -5.81. The third kappa shape index (κ3) is 8.06. The Balaban J connectivity index is 0.982. The minimum Gasteiger partial charge on any atom is -0.351 e. The third-order valence-electron chi connectivity index (χ3n) is 10.4. The summed E-state index contributed by atoms with van der Waals surface area (Å²) < 4.78 is 13.6. The molecule has 0 spiro atoms. The number of pyridine rings is 2. The fourth-order valence-electron chi connectivity index (χ4n) is 7.60. The van der Waals surface area contributed by atoms with E-state index in [2.05, 4.69) is 56.5 Å². The van der Waals surface area contributed by atoms with E-state index in [0.29, 0.717) is 30.1 Å². The van der Waals surface area contributed by atoms with Gasteiger partial charge in [-0.15, -0.1) is 0 Å². The smallest absolute Gasteiger partial charge is 0.267 e. The van der Waals surface area contributed by atoms with Crippen LogP contribution < -0.4 is 10.6 Å². The zero-order valence-electron chi connectivity index (χ0n) is 30.9. The topological polar surface area (TPSA) is 129 Å². The Morgan fingerprint density at radius 1 is 0.796 bits per heavy atom. The van der Waals surface area contributed by atoms with Gasteiger partial charge in [-0.3, -0.25) is 24.5 Å². The highest BCUT2D eigenvalue weighted by Crippen LogP contribution is 2.42. The quantitative estimate of drug-likeness (QED) is 0.110. The third-order valence-corrected chi connectivity index (χ3v) is 10.4. The van der Waals surface area contributed by atoms with Gasteiger partial charge in [-0.05, 0) is 124 Å². The minimum atomic E-state index is -0.454. The number of fused-ring (bicyclic) bond motifs is 1. The number of benzene rings is 2. The second-order valence-electron chi connectivity index (χ2n) is 14.1. The fourth-order valence-corrected chi connectivity index (χ4v) is 7.60. The lowest BCUT2D eigenvalue weighted by Gasteiger charge is -2.42. The molecule has 54 heavy (non-hydrogen) atoms. The Labute approximate surface area is 314 Å². The van der Waals surface area contributed by atoms with Crippen LogP contribution in [0.4, 0.5) is 4.39 Å². The molecule has 0 saturated carbocycles. The van der Waals surface area contributed by atoms with Crippen molar-refractivity contribution in [3.63, 3.8) is 0 Å². The van der Waals surface area contributed by atoms with E-state index in [9.17, 15) is 14.0 Å². The molecule has 1 aliphatic heterocycles. The first-order valence-electron chi connectivity index (χ1n) is 18.6. The number of aromatic nitrogens is 5. The number of unbranched alkanes of at least 4 members (excludes halogenated alkanes) is 1. The van der Waals surface area contributed by atoms with Crippen LogP contribution in [0.3, 0.4) is 0 Å². The van der Waals surface area contributed by atoms with Gasteiger partial charge in [0, 0.05) is 42.0 Å². The summed E-state index contributed by atoms with van der Waals surface area (Å²) in [5.74, 6) is -0.991. The number of nitrogens with zero attached hydrogens (tertiary/aromatic N) is 5. The standard InChI is InChI=1S/C43H45FN8O2/c1-27-10-8-19-45-38(27)36-14-7-15-37(39-28(2)11-9-20-46-39)52(36)21-5-4-18-47-43(54)35-24-34-40(49-26-50-41(34)51-35)30-16-17-32(29(3)22-30)25-48-42(53)31-12-6-13-33(44)23-31/h6,8-13,16-17,19-20,22-24,26,36-37H,4-5,7,14-15,18,21,25H2,1-3H3,(H,47,54)(H,48,53)(H,49,50,51)/t36-,37+. The lowest BCUT2D eigenvalue weighted by atomic mass is 9.88. The van der Waals surface area contributed by atoms with Gasteiger partial charge in [0.2, 0.25) is 0 Å². The molecule has 0 unspecified atom stereocenters. The van der Waals surface area contributed by atoms with E-state index in [4.69, 9.17) is 9.97 Å². The van der Waals surface area contributed by atoms with E-state index in [1.807, 2.05) is 49.6 Å². The van der Waals surface area contributed by atoms with E-state index in [1.54, 1.807) is 12.1 Å². The Kier molecular flexibility index (Phi) is 11.1. The summed E-state index contributed by atoms with van der Waals surface area (Å²) in [5.41, 5.74) is 9.41.